The van der Waals surface area contributed by atoms with Crippen molar-refractivity contribution in [3.8, 4) is 0 Å². The molecule has 0 aromatic heterocycles. The van der Waals surface area contributed by atoms with Crippen LogP contribution >= 0.6 is 0 Å². The Morgan fingerprint density at radius 3 is 2.14 bits per heavy atom. The maximum Gasteiger partial charge on any atom is 0.311 e. The highest BCUT2D eigenvalue weighted by Gasteiger charge is 2.26. The fourth-order valence-electron chi connectivity index (χ4n) is 0.690. The molecule has 14 heavy (non-hydrogen) atoms. The summed E-state index contributed by atoms with van der Waals surface area (Å²) in [5, 5.41) is 0. The van der Waals surface area contributed by atoms with E-state index in [-0.39, 0.29) is 0 Å². The van der Waals surface area contributed by atoms with Crippen molar-refractivity contribution in [2.75, 3.05) is 5.75 Å². The van der Waals surface area contributed by atoms with Crippen molar-refractivity contribution in [2.45, 2.75) is 33.8 Å². The summed E-state index contributed by atoms with van der Waals surface area (Å²) in [7, 11) is -4.09. The Hall–Kier alpha value is -0.620. The third-order valence-corrected chi connectivity index (χ3v) is 2.26. The molecule has 0 bridgehead atoms. The van der Waals surface area contributed by atoms with Crippen LogP contribution in [0.25, 0.3) is 0 Å². The van der Waals surface area contributed by atoms with Crippen LogP contribution in [0.4, 0.5) is 0 Å². The first-order chi connectivity index (χ1) is 6.02. The molecule has 1 unspecified atom stereocenters. The van der Waals surface area contributed by atoms with E-state index in [1.54, 1.807) is 20.8 Å². The van der Waals surface area contributed by atoms with Gasteiger partial charge in [0, 0.05) is 0 Å². The Bertz CT molecular complexity index is 298. The van der Waals surface area contributed by atoms with Crippen molar-refractivity contribution in [3.05, 3.63) is 0 Å². The second-order valence-electron chi connectivity index (χ2n) is 4.21. The van der Waals surface area contributed by atoms with Gasteiger partial charge in [-0.05, 0) is 27.7 Å². The highest BCUT2D eigenvalue weighted by molar-refractivity contribution is 7.85. The normalized spacial score (nSPS) is 14.9. The molecule has 0 heterocycles. The zero-order valence-corrected chi connectivity index (χ0v) is 9.59. The molecule has 0 aromatic rings. The molecule has 6 heteroatoms. The smallest absolute Gasteiger partial charge is 0.311 e. The van der Waals surface area contributed by atoms with Crippen LogP contribution in [-0.4, -0.2) is 30.8 Å². The van der Waals surface area contributed by atoms with E-state index in [0.717, 1.165) is 0 Å². The fourth-order valence-corrected chi connectivity index (χ4v) is 1.35. The SMILES string of the molecule is CC(CS(=O)(=O)O)OC(=O)C(C)(C)C. The van der Waals surface area contributed by atoms with Gasteiger partial charge < -0.3 is 4.74 Å². The molecule has 5 nitrogen and oxygen atoms in total. The summed E-state index contributed by atoms with van der Waals surface area (Å²) >= 11 is 0. The van der Waals surface area contributed by atoms with Crippen molar-refractivity contribution >= 4 is 16.1 Å². The maximum atomic E-state index is 11.3. The predicted molar refractivity (Wildman–Crippen MR) is 51.4 cm³/mol. The van der Waals surface area contributed by atoms with Gasteiger partial charge >= 0.3 is 5.97 Å². The number of hydrogen-bond acceptors (Lipinski definition) is 4. The zero-order valence-electron chi connectivity index (χ0n) is 8.77. The lowest BCUT2D eigenvalue weighted by atomic mass is 9.97. The molecule has 0 saturated heterocycles. The molecule has 0 amide bonds. The van der Waals surface area contributed by atoms with Crippen LogP contribution in [0.2, 0.25) is 0 Å². The molecule has 0 aliphatic heterocycles. The van der Waals surface area contributed by atoms with Crippen LogP contribution in [-0.2, 0) is 19.6 Å². The standard InChI is InChI=1S/C8H16O5S/c1-6(5-14(10,11)12)13-7(9)8(2,3)4/h6H,5H2,1-4H3,(H,10,11,12). The van der Waals surface area contributed by atoms with Crippen LogP contribution < -0.4 is 0 Å². The molecule has 1 atom stereocenters. The number of ether oxygens (including phenoxy) is 1. The van der Waals surface area contributed by atoms with Crippen LogP contribution in [0.15, 0.2) is 0 Å². The summed E-state index contributed by atoms with van der Waals surface area (Å²) in [6, 6.07) is 0. The Morgan fingerprint density at radius 1 is 1.43 bits per heavy atom. The summed E-state index contributed by atoms with van der Waals surface area (Å²) in [4.78, 5) is 11.3. The van der Waals surface area contributed by atoms with E-state index in [1.807, 2.05) is 0 Å². The van der Waals surface area contributed by atoms with E-state index in [4.69, 9.17) is 9.29 Å². The Labute approximate surface area is 84.2 Å². The molecule has 0 fully saturated rings. The van der Waals surface area contributed by atoms with E-state index in [1.165, 1.54) is 6.92 Å². The Balaban J connectivity index is 4.22. The summed E-state index contributed by atoms with van der Waals surface area (Å²) in [5.74, 6) is -1.07. The molecular formula is C8H16O5S. The quantitative estimate of drug-likeness (QED) is 0.568. The first kappa shape index (κ1) is 13.4. The molecule has 84 valence electrons. The lowest BCUT2D eigenvalue weighted by Crippen LogP contribution is -2.30. The van der Waals surface area contributed by atoms with Gasteiger partial charge in [-0.1, -0.05) is 0 Å². The van der Waals surface area contributed by atoms with Crippen LogP contribution in [0.5, 0.6) is 0 Å². The van der Waals surface area contributed by atoms with E-state index >= 15 is 0 Å². The lowest BCUT2D eigenvalue weighted by molar-refractivity contribution is -0.156. The minimum absolute atomic E-state index is 0.492. The van der Waals surface area contributed by atoms with E-state index in [9.17, 15) is 13.2 Å². The summed E-state index contributed by atoms with van der Waals surface area (Å²) in [6.07, 6.45) is -0.836. The maximum absolute atomic E-state index is 11.3. The molecule has 0 aliphatic rings. The van der Waals surface area contributed by atoms with Crippen molar-refractivity contribution in [2.24, 2.45) is 5.41 Å². The van der Waals surface area contributed by atoms with E-state index in [0.29, 0.717) is 0 Å². The largest absolute Gasteiger partial charge is 0.461 e. The number of esters is 1. The van der Waals surface area contributed by atoms with Gasteiger partial charge in [0.05, 0.1) is 5.41 Å². The third kappa shape index (κ3) is 5.93. The average molecular weight is 224 g/mol. The van der Waals surface area contributed by atoms with Gasteiger partial charge in [-0.15, -0.1) is 0 Å². The van der Waals surface area contributed by atoms with Gasteiger partial charge in [0.15, 0.2) is 0 Å². The second kappa shape index (κ2) is 4.27. The Morgan fingerprint density at radius 2 is 1.86 bits per heavy atom. The van der Waals surface area contributed by atoms with Gasteiger partial charge in [-0.2, -0.15) is 8.42 Å². The highest BCUT2D eigenvalue weighted by Crippen LogP contribution is 2.16. The summed E-state index contributed by atoms with van der Waals surface area (Å²) in [6.45, 7) is 6.40. The first-order valence-electron chi connectivity index (χ1n) is 4.18. The minimum atomic E-state index is -4.09. The van der Waals surface area contributed by atoms with Crippen LogP contribution in [0.3, 0.4) is 0 Å². The summed E-state index contributed by atoms with van der Waals surface area (Å²) in [5.41, 5.74) is -0.673. The number of rotatable bonds is 3. The van der Waals surface area contributed by atoms with Gasteiger partial charge in [0.25, 0.3) is 10.1 Å². The van der Waals surface area contributed by atoms with Gasteiger partial charge in [0.1, 0.15) is 11.9 Å². The predicted octanol–water partition coefficient (Wildman–Crippen LogP) is 0.852. The zero-order chi connectivity index (χ0) is 11.6. The van der Waals surface area contributed by atoms with Crippen LogP contribution in [0.1, 0.15) is 27.7 Å². The molecule has 0 radical (unpaired) electrons. The van der Waals surface area contributed by atoms with Crippen molar-refractivity contribution in [1.29, 1.82) is 0 Å². The van der Waals surface area contributed by atoms with Crippen molar-refractivity contribution < 1.29 is 22.5 Å². The molecule has 1 N–H and O–H groups in total. The fraction of sp³-hybridized carbons (Fsp3) is 0.875. The lowest BCUT2D eigenvalue weighted by Gasteiger charge is -2.19. The third-order valence-electron chi connectivity index (χ3n) is 1.37. The molecule has 0 aliphatic carbocycles. The molecule has 0 rings (SSSR count). The molecule has 0 aromatic carbocycles. The number of hydrogen-bond donors (Lipinski definition) is 1. The van der Waals surface area contributed by atoms with Gasteiger partial charge in [0.2, 0.25) is 0 Å². The second-order valence-corrected chi connectivity index (χ2v) is 5.71. The number of carbonyl (C=O) groups excluding carboxylic acids is 1. The average Bonchev–Trinajstić information content (AvgIpc) is 1.79. The first-order valence-corrected chi connectivity index (χ1v) is 5.79. The number of carbonyl (C=O) groups is 1. The van der Waals surface area contributed by atoms with Crippen molar-refractivity contribution in [1.82, 2.24) is 0 Å². The highest BCUT2D eigenvalue weighted by atomic mass is 32.2. The molecule has 0 saturated carbocycles. The molecule has 0 spiro atoms. The van der Waals surface area contributed by atoms with E-state index < -0.39 is 33.4 Å². The van der Waals surface area contributed by atoms with Gasteiger partial charge in [-0.3, -0.25) is 9.35 Å². The summed E-state index contributed by atoms with van der Waals surface area (Å²) < 4.78 is 34.2. The Kier molecular flexibility index (Phi) is 4.08. The monoisotopic (exact) mass is 224 g/mol. The van der Waals surface area contributed by atoms with Crippen LogP contribution in [0, 0.1) is 5.41 Å². The van der Waals surface area contributed by atoms with Crippen molar-refractivity contribution in [3.63, 3.8) is 0 Å². The molecular weight excluding hydrogens is 208 g/mol. The minimum Gasteiger partial charge on any atom is -0.461 e. The van der Waals surface area contributed by atoms with E-state index in [2.05, 4.69) is 0 Å². The topological polar surface area (TPSA) is 80.7 Å². The van der Waals surface area contributed by atoms with Gasteiger partial charge in [-0.25, -0.2) is 0 Å².